The predicted octanol–water partition coefficient (Wildman–Crippen LogP) is -1.77. The number of hydrogen-bond donors (Lipinski definition) is 2. The minimum Gasteiger partial charge on any atom is -0.385 e. The number of aliphatic hydroxyl groups excluding tert-OH is 1. The molecule has 0 fully saturated rings. The zero-order valence-electron chi connectivity index (χ0n) is 4.20. The van der Waals surface area contributed by atoms with Crippen LogP contribution in [0.2, 0.25) is 0 Å². The molecule has 0 unspecified atom stereocenters. The Balaban J connectivity index is -0.000000125. The Hall–Kier alpha value is 0.689. The third-order valence-corrected chi connectivity index (χ3v) is 0.231. The Morgan fingerprint density at radius 2 is 2.00 bits per heavy atom. The first-order chi connectivity index (χ1) is 2.81. The van der Waals surface area contributed by atoms with Crippen molar-refractivity contribution in [3.63, 3.8) is 0 Å². The van der Waals surface area contributed by atoms with Gasteiger partial charge < -0.3 is 5.11 Å². The molecule has 36 valence electrons. The van der Waals surface area contributed by atoms with E-state index in [1.165, 1.54) is 0 Å². The van der Waals surface area contributed by atoms with Crippen molar-refractivity contribution in [2.24, 2.45) is 0 Å². The minimum atomic E-state index is -1.05. The molecule has 0 rings (SSSR count). The fourth-order valence-electron chi connectivity index (χ4n) is 0.0289. The molecule has 0 aromatic heterocycles. The molecule has 0 aliphatic carbocycles. The molecule has 4 nitrogen and oxygen atoms in total. The van der Waals surface area contributed by atoms with Crippen LogP contribution in [0.15, 0.2) is 0 Å². The summed E-state index contributed by atoms with van der Waals surface area (Å²) in [5, 5.41) is 15.0. The summed E-state index contributed by atoms with van der Waals surface area (Å²) in [5.74, 6) is -1.05. The van der Waals surface area contributed by atoms with Gasteiger partial charge in [0.25, 0.3) is 0 Å². The van der Waals surface area contributed by atoms with E-state index in [-0.39, 0.29) is 40.4 Å². The van der Waals surface area contributed by atoms with Gasteiger partial charge >= 0.3 is 46.4 Å². The molecule has 0 bridgehead atoms. The third-order valence-electron chi connectivity index (χ3n) is 0.231. The maximum atomic E-state index is 9.46. The zero-order chi connectivity index (χ0) is 4.99. The van der Waals surface area contributed by atoms with E-state index in [4.69, 9.17) is 10.4 Å². The summed E-state index contributed by atoms with van der Waals surface area (Å²) in [7, 11) is 0. The van der Waals surface area contributed by atoms with E-state index in [1.54, 1.807) is 0 Å². The van der Waals surface area contributed by atoms with Gasteiger partial charge in [0.2, 0.25) is 0 Å². The van der Waals surface area contributed by atoms with Crippen LogP contribution < -0.4 is 0 Å². The number of carbonyl (C=O) groups excluding carboxylic acids is 1. The van der Waals surface area contributed by atoms with Crippen molar-refractivity contribution in [1.29, 1.82) is 0 Å². The van der Waals surface area contributed by atoms with Crippen molar-refractivity contribution in [2.75, 3.05) is 6.61 Å². The van der Waals surface area contributed by atoms with E-state index in [1.807, 2.05) is 0 Å². The van der Waals surface area contributed by atoms with Gasteiger partial charge in [0.05, 0.1) is 0 Å². The average molecular weight is 143 g/mol. The summed E-state index contributed by atoms with van der Waals surface area (Å²) < 4.78 is 0. The van der Waals surface area contributed by atoms with E-state index in [0.717, 1.165) is 0 Å². The van der Waals surface area contributed by atoms with Crippen molar-refractivity contribution in [3.8, 4) is 0 Å². The SMILES string of the molecule is O=C(CO)OO.[Al+3].[Mg+2]. The summed E-state index contributed by atoms with van der Waals surface area (Å²) in [6.45, 7) is -0.781. The fourth-order valence-corrected chi connectivity index (χ4v) is 0.0289. The maximum Gasteiger partial charge on any atom is 3.00 e. The van der Waals surface area contributed by atoms with Gasteiger partial charge in [-0.1, -0.05) is 0 Å². The van der Waals surface area contributed by atoms with Crippen molar-refractivity contribution in [1.82, 2.24) is 0 Å². The second-order valence-corrected chi connectivity index (χ2v) is 0.621. The van der Waals surface area contributed by atoms with E-state index < -0.39 is 12.6 Å². The van der Waals surface area contributed by atoms with Gasteiger partial charge in [-0.25, -0.2) is 4.79 Å². The second kappa shape index (κ2) is 10.6. The van der Waals surface area contributed by atoms with Crippen molar-refractivity contribution >= 4 is 46.4 Å². The van der Waals surface area contributed by atoms with E-state index >= 15 is 0 Å². The van der Waals surface area contributed by atoms with Gasteiger partial charge in [-0.2, -0.15) is 5.26 Å². The van der Waals surface area contributed by atoms with E-state index in [2.05, 4.69) is 4.89 Å². The molecule has 0 amide bonds. The fraction of sp³-hybridized carbons (Fsp3) is 0.500. The Kier molecular flexibility index (Phi) is 21.1. The molecular formula is C2H4AlMgO4+5. The third kappa shape index (κ3) is 9.85. The topological polar surface area (TPSA) is 66.8 Å². The molecule has 0 aliphatic rings. The smallest absolute Gasteiger partial charge is 0.385 e. The van der Waals surface area contributed by atoms with Crippen molar-refractivity contribution < 1.29 is 20.0 Å². The summed E-state index contributed by atoms with van der Waals surface area (Å²) in [5.41, 5.74) is 0. The molecule has 0 saturated carbocycles. The van der Waals surface area contributed by atoms with Crippen LogP contribution in [0.25, 0.3) is 0 Å². The average Bonchev–Trinajstić information content (AvgIpc) is 1.65. The van der Waals surface area contributed by atoms with Crippen LogP contribution in [-0.4, -0.2) is 63.4 Å². The molecule has 0 heterocycles. The van der Waals surface area contributed by atoms with Gasteiger partial charge in [0.1, 0.15) is 6.61 Å². The van der Waals surface area contributed by atoms with Crippen LogP contribution in [0.3, 0.4) is 0 Å². The summed E-state index contributed by atoms with van der Waals surface area (Å²) in [6.07, 6.45) is 0. The molecule has 0 aliphatic heterocycles. The summed E-state index contributed by atoms with van der Waals surface area (Å²) in [4.78, 5) is 12.5. The molecule has 8 heavy (non-hydrogen) atoms. The van der Waals surface area contributed by atoms with E-state index in [9.17, 15) is 4.79 Å². The van der Waals surface area contributed by atoms with Gasteiger partial charge in [0.15, 0.2) is 0 Å². The maximum absolute atomic E-state index is 9.46. The van der Waals surface area contributed by atoms with E-state index in [0.29, 0.717) is 0 Å². The van der Waals surface area contributed by atoms with Crippen LogP contribution >= 0.6 is 0 Å². The molecule has 2 N–H and O–H groups in total. The molecule has 0 saturated heterocycles. The van der Waals surface area contributed by atoms with Crippen molar-refractivity contribution in [3.05, 3.63) is 0 Å². The molecular weight excluding hydrogens is 139 g/mol. The van der Waals surface area contributed by atoms with Crippen LogP contribution in [0.1, 0.15) is 0 Å². The summed E-state index contributed by atoms with van der Waals surface area (Å²) in [6, 6.07) is 0. The van der Waals surface area contributed by atoms with Gasteiger partial charge in [-0.15, -0.1) is 0 Å². The largest absolute Gasteiger partial charge is 3.00 e. The van der Waals surface area contributed by atoms with Crippen LogP contribution in [0.5, 0.6) is 0 Å². The van der Waals surface area contributed by atoms with Crippen LogP contribution in [0.4, 0.5) is 0 Å². The quantitative estimate of drug-likeness (QED) is 0.259. The molecule has 0 aromatic carbocycles. The van der Waals surface area contributed by atoms with Crippen molar-refractivity contribution in [2.45, 2.75) is 0 Å². The molecule has 0 atom stereocenters. The number of aliphatic hydroxyl groups is 1. The molecule has 0 spiro atoms. The Bertz CT molecular complexity index is 52.0. The van der Waals surface area contributed by atoms with Gasteiger partial charge in [-0.05, 0) is 0 Å². The zero-order valence-corrected chi connectivity index (χ0v) is 6.77. The first kappa shape index (κ1) is 15.9. The van der Waals surface area contributed by atoms with Crippen LogP contribution in [0, 0.1) is 0 Å². The predicted molar refractivity (Wildman–Crippen MR) is 27.3 cm³/mol. The Morgan fingerprint density at radius 3 is 2.00 bits per heavy atom. The van der Waals surface area contributed by atoms with Crippen LogP contribution in [-0.2, 0) is 9.68 Å². The number of hydrogen-bond acceptors (Lipinski definition) is 4. The standard InChI is InChI=1S/C2H4O4.Al.Mg/c3-1-2(4)6-5;;/h3,5H,1H2;;/q;+3;+2. The number of carbonyl (C=O) groups is 1. The summed E-state index contributed by atoms with van der Waals surface area (Å²) >= 11 is 0. The Labute approximate surface area is 73.0 Å². The van der Waals surface area contributed by atoms with Gasteiger partial charge in [0, 0.05) is 0 Å². The molecule has 0 aromatic rings. The monoisotopic (exact) mass is 143 g/mol. The first-order valence-electron chi connectivity index (χ1n) is 1.26. The minimum absolute atomic E-state index is 0. The second-order valence-electron chi connectivity index (χ2n) is 0.621. The molecule has 6 heteroatoms. The normalized spacial score (nSPS) is 5.75. The van der Waals surface area contributed by atoms with Gasteiger partial charge in [-0.3, -0.25) is 4.89 Å². The number of rotatable bonds is 1. The Morgan fingerprint density at radius 1 is 1.62 bits per heavy atom. The first-order valence-corrected chi connectivity index (χ1v) is 1.26. The molecule has 0 radical (unpaired) electrons.